The van der Waals surface area contributed by atoms with Crippen molar-refractivity contribution < 1.29 is 4.52 Å². The summed E-state index contributed by atoms with van der Waals surface area (Å²) in [6, 6.07) is 9.80. The smallest absolute Gasteiger partial charge is 0.237 e. The van der Waals surface area contributed by atoms with Crippen molar-refractivity contribution in [3.8, 4) is 17.5 Å². The molecule has 8 heteroatoms. The summed E-state index contributed by atoms with van der Waals surface area (Å²) in [5.74, 6) is 1.60. The van der Waals surface area contributed by atoms with Gasteiger partial charge in [0, 0.05) is 5.56 Å². The molecular formula is C15H12N6OS. The van der Waals surface area contributed by atoms with Crippen LogP contribution in [0.5, 0.6) is 0 Å². The first-order chi connectivity index (χ1) is 11.2. The van der Waals surface area contributed by atoms with Gasteiger partial charge >= 0.3 is 0 Å². The number of aromatic nitrogens is 4. The van der Waals surface area contributed by atoms with Crippen molar-refractivity contribution >= 4 is 17.6 Å². The van der Waals surface area contributed by atoms with Crippen molar-refractivity contribution in [3.63, 3.8) is 0 Å². The maximum atomic E-state index is 8.80. The van der Waals surface area contributed by atoms with E-state index in [9.17, 15) is 0 Å². The molecule has 0 bridgehead atoms. The highest BCUT2D eigenvalue weighted by atomic mass is 32.2. The van der Waals surface area contributed by atoms with Crippen molar-refractivity contribution in [1.29, 1.82) is 5.26 Å². The number of nitriles is 1. The lowest BCUT2D eigenvalue weighted by Gasteiger charge is -1.99. The molecule has 2 aromatic heterocycles. The largest absolute Gasteiger partial charge is 0.382 e. The number of benzene rings is 1. The van der Waals surface area contributed by atoms with Crippen molar-refractivity contribution in [2.24, 2.45) is 0 Å². The van der Waals surface area contributed by atoms with Crippen LogP contribution >= 0.6 is 11.8 Å². The first kappa shape index (κ1) is 15.0. The minimum absolute atomic E-state index is 0.163. The van der Waals surface area contributed by atoms with E-state index in [-0.39, 0.29) is 11.4 Å². The van der Waals surface area contributed by atoms with Gasteiger partial charge < -0.3 is 10.3 Å². The van der Waals surface area contributed by atoms with E-state index in [1.54, 1.807) is 0 Å². The monoisotopic (exact) mass is 324 g/mol. The Hall–Kier alpha value is -2.92. The summed E-state index contributed by atoms with van der Waals surface area (Å²) in [5, 5.41) is 13.2. The average molecular weight is 324 g/mol. The number of rotatable bonds is 4. The van der Waals surface area contributed by atoms with Crippen LogP contribution in [0.3, 0.4) is 0 Å². The van der Waals surface area contributed by atoms with E-state index in [4.69, 9.17) is 15.5 Å². The molecule has 0 amide bonds. The summed E-state index contributed by atoms with van der Waals surface area (Å²) < 4.78 is 5.23. The molecule has 3 rings (SSSR count). The molecule has 0 fully saturated rings. The van der Waals surface area contributed by atoms with Crippen LogP contribution in [0.4, 0.5) is 5.82 Å². The zero-order valence-corrected chi connectivity index (χ0v) is 13.0. The van der Waals surface area contributed by atoms with Gasteiger partial charge in [0.05, 0.1) is 11.9 Å². The molecule has 3 aromatic rings. The summed E-state index contributed by atoms with van der Waals surface area (Å²) in [6.07, 6.45) is 1.40. The van der Waals surface area contributed by atoms with E-state index < -0.39 is 0 Å². The number of hydrogen-bond acceptors (Lipinski definition) is 8. The topological polar surface area (TPSA) is 115 Å². The van der Waals surface area contributed by atoms with Crippen LogP contribution < -0.4 is 5.73 Å². The number of nitrogens with zero attached hydrogens (tertiary/aromatic N) is 5. The molecule has 23 heavy (non-hydrogen) atoms. The first-order valence-corrected chi connectivity index (χ1v) is 7.69. The third kappa shape index (κ3) is 3.46. The molecule has 2 heterocycles. The van der Waals surface area contributed by atoms with E-state index in [0.717, 1.165) is 5.56 Å². The lowest BCUT2D eigenvalue weighted by molar-refractivity contribution is 0.391. The zero-order valence-electron chi connectivity index (χ0n) is 12.2. The standard InChI is InChI=1S/C15H12N6OS/c1-9-2-4-10(5-3-9)14-19-12(22-21-14)8-23-15-18-7-11(6-16)13(17)20-15/h2-5,7H,8H2,1H3,(H2,17,18,20). The van der Waals surface area contributed by atoms with Crippen LogP contribution in [0, 0.1) is 18.3 Å². The minimum Gasteiger partial charge on any atom is -0.382 e. The molecule has 0 atom stereocenters. The van der Waals surface area contributed by atoms with E-state index in [2.05, 4.69) is 20.1 Å². The number of hydrogen-bond donors (Lipinski definition) is 1. The van der Waals surface area contributed by atoms with E-state index in [0.29, 0.717) is 22.6 Å². The Balaban J connectivity index is 1.69. The molecule has 7 nitrogen and oxygen atoms in total. The van der Waals surface area contributed by atoms with Gasteiger partial charge in [-0.1, -0.05) is 46.7 Å². The third-order valence-corrected chi connectivity index (χ3v) is 3.87. The highest BCUT2D eigenvalue weighted by Crippen LogP contribution is 2.22. The van der Waals surface area contributed by atoms with Gasteiger partial charge in [-0.3, -0.25) is 0 Å². The molecule has 0 spiro atoms. The predicted molar refractivity (Wildman–Crippen MR) is 85.2 cm³/mol. The summed E-state index contributed by atoms with van der Waals surface area (Å²) in [5.41, 5.74) is 7.98. The second-order valence-corrected chi connectivity index (χ2v) is 5.67. The molecule has 2 N–H and O–H groups in total. The maximum absolute atomic E-state index is 8.80. The lowest BCUT2D eigenvalue weighted by atomic mass is 10.1. The fraction of sp³-hybridized carbons (Fsp3) is 0.133. The van der Waals surface area contributed by atoms with Crippen LogP contribution in [0.25, 0.3) is 11.4 Å². The van der Waals surface area contributed by atoms with E-state index in [1.807, 2.05) is 37.3 Å². The molecule has 114 valence electrons. The zero-order chi connectivity index (χ0) is 16.2. The Morgan fingerprint density at radius 3 is 2.74 bits per heavy atom. The van der Waals surface area contributed by atoms with Crippen LogP contribution in [-0.4, -0.2) is 20.1 Å². The summed E-state index contributed by atoms with van der Waals surface area (Å²) in [7, 11) is 0. The maximum Gasteiger partial charge on any atom is 0.237 e. The Morgan fingerprint density at radius 2 is 2.04 bits per heavy atom. The molecule has 0 radical (unpaired) electrons. The number of nitrogen functional groups attached to an aromatic ring is 1. The SMILES string of the molecule is Cc1ccc(-c2noc(CSc3ncc(C#N)c(N)n3)n2)cc1. The van der Waals surface area contributed by atoms with Gasteiger partial charge in [0.25, 0.3) is 0 Å². The number of anilines is 1. The van der Waals surface area contributed by atoms with Gasteiger partial charge in [0.15, 0.2) is 5.16 Å². The van der Waals surface area contributed by atoms with Crippen molar-refractivity contribution in [3.05, 3.63) is 47.5 Å². The van der Waals surface area contributed by atoms with Crippen LogP contribution in [0.1, 0.15) is 17.0 Å². The fourth-order valence-corrected chi connectivity index (χ4v) is 2.45. The second kappa shape index (κ2) is 6.46. The highest BCUT2D eigenvalue weighted by Gasteiger charge is 2.10. The van der Waals surface area contributed by atoms with Crippen molar-refractivity contribution in [1.82, 2.24) is 20.1 Å². The van der Waals surface area contributed by atoms with E-state index >= 15 is 0 Å². The molecule has 0 aliphatic carbocycles. The van der Waals surface area contributed by atoms with Gasteiger partial charge in [-0.2, -0.15) is 10.2 Å². The van der Waals surface area contributed by atoms with Gasteiger partial charge in [0.1, 0.15) is 17.5 Å². The number of nitrogens with two attached hydrogens (primary N) is 1. The lowest BCUT2D eigenvalue weighted by Crippen LogP contribution is -1.98. The Morgan fingerprint density at radius 1 is 1.26 bits per heavy atom. The summed E-state index contributed by atoms with van der Waals surface area (Å²) >= 11 is 1.31. The third-order valence-electron chi connectivity index (χ3n) is 3.02. The van der Waals surface area contributed by atoms with Gasteiger partial charge in [0.2, 0.25) is 11.7 Å². The fourth-order valence-electron chi connectivity index (χ4n) is 1.79. The van der Waals surface area contributed by atoms with Crippen LogP contribution in [0.15, 0.2) is 40.1 Å². The molecule has 0 saturated carbocycles. The van der Waals surface area contributed by atoms with Crippen molar-refractivity contribution in [2.45, 2.75) is 17.8 Å². The second-order valence-electron chi connectivity index (χ2n) is 4.73. The molecule has 0 aliphatic rings. The van der Waals surface area contributed by atoms with E-state index in [1.165, 1.54) is 23.5 Å². The molecule has 0 aliphatic heterocycles. The van der Waals surface area contributed by atoms with Crippen LogP contribution in [0.2, 0.25) is 0 Å². The average Bonchev–Trinajstić information content (AvgIpc) is 3.03. The summed E-state index contributed by atoms with van der Waals surface area (Å²) in [6.45, 7) is 2.02. The van der Waals surface area contributed by atoms with Crippen LogP contribution in [-0.2, 0) is 5.75 Å². The predicted octanol–water partition coefficient (Wildman–Crippen LogP) is 2.58. The number of aryl methyl sites for hydroxylation is 1. The Bertz CT molecular complexity index is 868. The molecule has 0 saturated heterocycles. The van der Waals surface area contributed by atoms with Crippen molar-refractivity contribution in [2.75, 3.05) is 5.73 Å². The normalized spacial score (nSPS) is 10.4. The number of thioether (sulfide) groups is 1. The molecule has 1 aromatic carbocycles. The Kier molecular flexibility index (Phi) is 4.21. The quantitative estimate of drug-likeness (QED) is 0.575. The molecule has 0 unspecified atom stereocenters. The van der Waals surface area contributed by atoms with Gasteiger partial charge in [-0.15, -0.1) is 0 Å². The minimum atomic E-state index is 0.163. The first-order valence-electron chi connectivity index (χ1n) is 6.71. The van der Waals surface area contributed by atoms with Gasteiger partial charge in [-0.05, 0) is 6.92 Å². The highest BCUT2D eigenvalue weighted by molar-refractivity contribution is 7.98. The van der Waals surface area contributed by atoms with Gasteiger partial charge in [-0.25, -0.2) is 9.97 Å². The summed E-state index contributed by atoms with van der Waals surface area (Å²) in [4.78, 5) is 12.5. The molecular weight excluding hydrogens is 312 g/mol. The Labute approximate surface area is 136 Å².